The molecule has 5 nitrogen and oxygen atoms in total. The summed E-state index contributed by atoms with van der Waals surface area (Å²) in [4.78, 5) is 18.9. The van der Waals surface area contributed by atoms with Crippen molar-refractivity contribution >= 4 is 23.2 Å². The van der Waals surface area contributed by atoms with Gasteiger partial charge in [-0.1, -0.05) is 11.6 Å². The number of benzene rings is 1. The summed E-state index contributed by atoms with van der Waals surface area (Å²) >= 11 is 6.11. The van der Waals surface area contributed by atoms with E-state index in [1.54, 1.807) is 18.2 Å². The first kappa shape index (κ1) is 16.1. The van der Waals surface area contributed by atoms with Crippen LogP contribution < -0.4 is 5.73 Å². The molecule has 0 spiro atoms. The normalized spacial score (nSPS) is 16.5. The van der Waals surface area contributed by atoms with Crippen LogP contribution >= 0.6 is 11.6 Å². The van der Waals surface area contributed by atoms with E-state index in [1.165, 1.54) is 0 Å². The van der Waals surface area contributed by atoms with Crippen LogP contribution in [0, 0.1) is 0 Å². The molecular formula is C15H23ClN4O. The number of rotatable bonds is 4. The van der Waals surface area contributed by atoms with E-state index >= 15 is 0 Å². The molecule has 1 fully saturated rings. The van der Waals surface area contributed by atoms with Crippen LogP contribution in [0.5, 0.6) is 0 Å². The maximum Gasteiger partial charge on any atom is 0.255 e. The van der Waals surface area contributed by atoms with Gasteiger partial charge in [0, 0.05) is 45.0 Å². The lowest BCUT2D eigenvalue weighted by Gasteiger charge is -2.35. The molecule has 0 bridgehead atoms. The van der Waals surface area contributed by atoms with Crippen molar-refractivity contribution in [3.8, 4) is 0 Å². The first-order chi connectivity index (χ1) is 9.97. The highest BCUT2D eigenvalue weighted by atomic mass is 35.5. The number of nitrogen functional groups attached to an aromatic ring is 1. The Morgan fingerprint density at radius 2 is 1.95 bits per heavy atom. The Labute approximate surface area is 131 Å². The number of nitrogens with two attached hydrogens (primary N) is 1. The van der Waals surface area contributed by atoms with E-state index in [0.29, 0.717) is 16.3 Å². The molecule has 1 aromatic rings. The Morgan fingerprint density at radius 3 is 2.52 bits per heavy atom. The zero-order valence-corrected chi connectivity index (χ0v) is 13.4. The third-order valence-corrected chi connectivity index (χ3v) is 4.06. The molecule has 21 heavy (non-hydrogen) atoms. The number of amides is 1. The fourth-order valence-corrected chi connectivity index (χ4v) is 2.66. The molecule has 0 unspecified atom stereocenters. The van der Waals surface area contributed by atoms with Gasteiger partial charge in [0.2, 0.25) is 0 Å². The van der Waals surface area contributed by atoms with Crippen LogP contribution in [0.25, 0.3) is 0 Å². The van der Waals surface area contributed by atoms with Gasteiger partial charge >= 0.3 is 0 Å². The molecule has 6 heteroatoms. The van der Waals surface area contributed by atoms with Crippen molar-refractivity contribution in [2.24, 2.45) is 0 Å². The maximum atomic E-state index is 12.5. The summed E-state index contributed by atoms with van der Waals surface area (Å²) in [6.45, 7) is 5.38. The number of anilines is 1. The maximum absolute atomic E-state index is 12.5. The first-order valence-corrected chi connectivity index (χ1v) is 7.56. The smallest absolute Gasteiger partial charge is 0.255 e. The minimum absolute atomic E-state index is 0.00717. The predicted octanol–water partition coefficient (Wildman–Crippen LogP) is 1.24. The average Bonchev–Trinajstić information content (AvgIpc) is 2.45. The second-order valence-corrected chi connectivity index (χ2v) is 6.08. The lowest BCUT2D eigenvalue weighted by molar-refractivity contribution is 0.0630. The molecule has 116 valence electrons. The molecular weight excluding hydrogens is 288 g/mol. The van der Waals surface area contributed by atoms with Crippen LogP contribution in [0.3, 0.4) is 0 Å². The van der Waals surface area contributed by atoms with Crippen molar-refractivity contribution in [2.45, 2.75) is 0 Å². The standard InChI is InChI=1S/C15H23ClN4O/c1-18(2)5-6-19-7-9-20(10-8-19)15(21)13-4-3-12(17)11-14(13)16/h3-4,11H,5-10,17H2,1-2H3. The second-order valence-electron chi connectivity index (χ2n) is 5.68. The Balaban J connectivity index is 1.91. The lowest BCUT2D eigenvalue weighted by Crippen LogP contribution is -2.50. The average molecular weight is 311 g/mol. The first-order valence-electron chi connectivity index (χ1n) is 7.19. The fourth-order valence-electron chi connectivity index (χ4n) is 2.39. The summed E-state index contributed by atoms with van der Waals surface area (Å²) in [7, 11) is 4.14. The number of halogens is 1. The molecule has 1 aliphatic rings. The summed E-state index contributed by atoms with van der Waals surface area (Å²) in [5.41, 5.74) is 6.77. The van der Waals surface area contributed by atoms with E-state index in [-0.39, 0.29) is 5.91 Å². The monoisotopic (exact) mass is 310 g/mol. The Hall–Kier alpha value is -1.30. The summed E-state index contributed by atoms with van der Waals surface area (Å²) in [5, 5.41) is 0.426. The second kappa shape index (κ2) is 7.11. The molecule has 1 amide bonds. The minimum Gasteiger partial charge on any atom is -0.399 e. The van der Waals surface area contributed by atoms with Crippen molar-refractivity contribution in [3.63, 3.8) is 0 Å². The minimum atomic E-state index is -0.00717. The molecule has 0 saturated carbocycles. The van der Waals surface area contributed by atoms with E-state index in [1.807, 2.05) is 4.90 Å². The zero-order valence-electron chi connectivity index (χ0n) is 12.7. The third-order valence-electron chi connectivity index (χ3n) is 3.75. The fraction of sp³-hybridized carbons (Fsp3) is 0.533. The van der Waals surface area contributed by atoms with Gasteiger partial charge in [-0.25, -0.2) is 0 Å². The summed E-state index contributed by atoms with van der Waals surface area (Å²) in [6.07, 6.45) is 0. The molecule has 0 aromatic heterocycles. The van der Waals surface area contributed by atoms with Gasteiger partial charge in [-0.15, -0.1) is 0 Å². The van der Waals surface area contributed by atoms with Gasteiger partial charge in [0.25, 0.3) is 5.91 Å². The van der Waals surface area contributed by atoms with Crippen LogP contribution in [0.4, 0.5) is 5.69 Å². The Bertz CT molecular complexity index is 498. The largest absolute Gasteiger partial charge is 0.399 e. The van der Waals surface area contributed by atoms with Crippen LogP contribution in [0.15, 0.2) is 18.2 Å². The van der Waals surface area contributed by atoms with Gasteiger partial charge < -0.3 is 15.5 Å². The van der Waals surface area contributed by atoms with Gasteiger partial charge in [0.05, 0.1) is 10.6 Å². The topological polar surface area (TPSA) is 52.8 Å². The van der Waals surface area contributed by atoms with Crippen LogP contribution in [-0.4, -0.2) is 74.0 Å². The van der Waals surface area contributed by atoms with Crippen molar-refractivity contribution in [1.82, 2.24) is 14.7 Å². The highest BCUT2D eigenvalue weighted by Crippen LogP contribution is 2.21. The highest BCUT2D eigenvalue weighted by molar-refractivity contribution is 6.34. The van der Waals surface area contributed by atoms with Crippen molar-refractivity contribution in [2.75, 3.05) is 59.1 Å². The predicted molar refractivity (Wildman–Crippen MR) is 86.8 cm³/mol. The van der Waals surface area contributed by atoms with Crippen molar-refractivity contribution in [3.05, 3.63) is 28.8 Å². The molecule has 0 radical (unpaired) electrons. The molecule has 1 saturated heterocycles. The summed E-state index contributed by atoms with van der Waals surface area (Å²) in [5.74, 6) is -0.00717. The van der Waals surface area contributed by atoms with E-state index in [0.717, 1.165) is 39.3 Å². The van der Waals surface area contributed by atoms with Gasteiger partial charge in [0.15, 0.2) is 0 Å². The van der Waals surface area contributed by atoms with Crippen molar-refractivity contribution < 1.29 is 4.79 Å². The SMILES string of the molecule is CN(C)CCN1CCN(C(=O)c2ccc(N)cc2Cl)CC1. The summed E-state index contributed by atoms with van der Waals surface area (Å²) in [6, 6.07) is 5.05. The molecule has 1 heterocycles. The van der Waals surface area contributed by atoms with Crippen molar-refractivity contribution in [1.29, 1.82) is 0 Å². The number of piperazine rings is 1. The van der Waals surface area contributed by atoms with Gasteiger partial charge in [0.1, 0.15) is 0 Å². The number of likely N-dealkylation sites (N-methyl/N-ethyl adjacent to an activating group) is 1. The van der Waals surface area contributed by atoms with Crippen LogP contribution in [0.1, 0.15) is 10.4 Å². The van der Waals surface area contributed by atoms with E-state index in [4.69, 9.17) is 17.3 Å². The number of hydrogen-bond donors (Lipinski definition) is 1. The van der Waals surface area contributed by atoms with E-state index in [2.05, 4.69) is 23.9 Å². The molecule has 1 aliphatic heterocycles. The molecule has 0 aliphatic carbocycles. The number of carbonyl (C=O) groups is 1. The van der Waals surface area contributed by atoms with Gasteiger partial charge in [-0.05, 0) is 32.3 Å². The quantitative estimate of drug-likeness (QED) is 0.850. The molecule has 0 atom stereocenters. The number of carbonyl (C=O) groups excluding carboxylic acids is 1. The number of hydrogen-bond acceptors (Lipinski definition) is 4. The molecule has 2 rings (SSSR count). The van der Waals surface area contributed by atoms with E-state index in [9.17, 15) is 4.79 Å². The number of nitrogens with zero attached hydrogens (tertiary/aromatic N) is 3. The van der Waals surface area contributed by atoms with Crippen LogP contribution in [0.2, 0.25) is 5.02 Å². The van der Waals surface area contributed by atoms with Gasteiger partial charge in [-0.2, -0.15) is 0 Å². The zero-order chi connectivity index (χ0) is 15.4. The molecule has 1 aromatic carbocycles. The molecule has 2 N–H and O–H groups in total. The lowest BCUT2D eigenvalue weighted by atomic mass is 10.1. The van der Waals surface area contributed by atoms with Crippen LogP contribution in [-0.2, 0) is 0 Å². The Morgan fingerprint density at radius 1 is 1.29 bits per heavy atom. The Kier molecular flexibility index (Phi) is 5.45. The summed E-state index contributed by atoms with van der Waals surface area (Å²) < 4.78 is 0. The third kappa shape index (κ3) is 4.33. The highest BCUT2D eigenvalue weighted by Gasteiger charge is 2.23. The van der Waals surface area contributed by atoms with Gasteiger partial charge in [-0.3, -0.25) is 9.69 Å². The van der Waals surface area contributed by atoms with E-state index < -0.39 is 0 Å².